The molecule has 0 aromatic rings. The maximum Gasteiger partial charge on any atom is 0.228 e. The molecule has 5 aliphatic heterocycles. The number of hydrogen-bond acceptors (Lipinski definition) is 6. The third-order valence-corrected chi connectivity index (χ3v) is 9.87. The first-order valence-electron chi connectivity index (χ1n) is 13.0. The molecule has 0 spiro atoms. The number of allylic oxidation sites excluding steroid dienone is 4. The van der Waals surface area contributed by atoms with Crippen LogP contribution in [0.5, 0.6) is 0 Å². The van der Waals surface area contributed by atoms with Crippen LogP contribution in [-0.4, -0.2) is 72.6 Å². The van der Waals surface area contributed by atoms with Crippen LogP contribution < -0.4 is 10.6 Å². The Morgan fingerprint density at radius 2 is 1.77 bits per heavy atom. The highest BCUT2D eigenvalue weighted by Crippen LogP contribution is 2.62. The van der Waals surface area contributed by atoms with Gasteiger partial charge in [-0.05, 0) is 25.1 Å². The molecule has 3 aliphatic carbocycles. The normalized spacial score (nSPS) is 47.6. The van der Waals surface area contributed by atoms with Crippen molar-refractivity contribution in [2.24, 2.45) is 23.7 Å². The lowest BCUT2D eigenvalue weighted by Crippen LogP contribution is -2.68. The van der Waals surface area contributed by atoms with Crippen molar-refractivity contribution in [3.63, 3.8) is 0 Å². The molecule has 0 saturated carbocycles. The van der Waals surface area contributed by atoms with Crippen molar-refractivity contribution in [2.75, 3.05) is 20.7 Å². The maximum absolute atomic E-state index is 13.4. The molecule has 7 heteroatoms. The molecule has 2 N–H and O–H groups in total. The standard InChI is InChI=1S/C28H32N4O3/c1-28-26(34-3)17(29-2)12-20(35-28)31-18-10-6-4-8-14(18)22-23-16(13-30-27(23)33)21-15-9-5-7-11-19(15)32(28)25(21)24(22)31/h4-11,14-20,23,26,29H,12-13H2,1-3H3,(H,30,33)/t14?,15?,16?,17-,18?,19?,20-,23?,26-,28+/m1/s1. The molecule has 1 amide bonds. The summed E-state index contributed by atoms with van der Waals surface area (Å²) in [7, 11) is 3.84. The van der Waals surface area contributed by atoms with Crippen molar-refractivity contribution < 1.29 is 14.3 Å². The number of nitrogens with one attached hydrogen (secondary N) is 2. The van der Waals surface area contributed by atoms with Crippen molar-refractivity contribution in [2.45, 2.75) is 49.5 Å². The summed E-state index contributed by atoms with van der Waals surface area (Å²) in [6, 6.07) is 0.440. The van der Waals surface area contributed by atoms with Crippen LogP contribution in [-0.2, 0) is 14.3 Å². The SMILES string of the molecule is CN[C@@H]1C[C@H]2O[C@@](C)([C@@H]1OC)N1C3=C(C4C=CC=CC41)C1CNC(=O)C1C1=C3N2C2C=CC=CC12. The molecule has 8 rings (SSSR count). The van der Waals surface area contributed by atoms with E-state index >= 15 is 0 Å². The van der Waals surface area contributed by atoms with Crippen molar-refractivity contribution in [1.82, 2.24) is 20.4 Å². The number of likely N-dealkylation sites (N-methyl/N-ethyl adjacent to an activating group) is 1. The van der Waals surface area contributed by atoms with Crippen LogP contribution in [0.25, 0.3) is 0 Å². The van der Waals surface area contributed by atoms with E-state index in [1.54, 1.807) is 7.11 Å². The monoisotopic (exact) mass is 472 g/mol. The third-order valence-electron chi connectivity index (χ3n) is 9.87. The Bertz CT molecular complexity index is 1210. The molecule has 0 aromatic carbocycles. The zero-order chi connectivity index (χ0) is 23.6. The third kappa shape index (κ3) is 2.27. The van der Waals surface area contributed by atoms with Crippen molar-refractivity contribution in [3.8, 4) is 0 Å². The fourth-order valence-corrected chi connectivity index (χ4v) is 8.71. The van der Waals surface area contributed by atoms with E-state index in [2.05, 4.69) is 76.0 Å². The Morgan fingerprint density at radius 3 is 2.51 bits per heavy atom. The van der Waals surface area contributed by atoms with Gasteiger partial charge in [0.1, 0.15) is 12.3 Å². The molecule has 5 heterocycles. The molecule has 3 saturated heterocycles. The largest absolute Gasteiger partial charge is 0.375 e. The van der Waals surface area contributed by atoms with Crippen LogP contribution in [0.4, 0.5) is 0 Å². The zero-order valence-corrected chi connectivity index (χ0v) is 20.3. The summed E-state index contributed by atoms with van der Waals surface area (Å²) in [6.45, 7) is 2.93. The van der Waals surface area contributed by atoms with Gasteiger partial charge < -0.3 is 29.9 Å². The van der Waals surface area contributed by atoms with Gasteiger partial charge in [-0.15, -0.1) is 0 Å². The molecule has 8 aliphatic rings. The Morgan fingerprint density at radius 1 is 1.06 bits per heavy atom. The number of fused-ring (bicyclic) bond motifs is 13. The van der Waals surface area contributed by atoms with E-state index in [1.807, 2.05) is 7.05 Å². The van der Waals surface area contributed by atoms with E-state index in [4.69, 9.17) is 9.47 Å². The number of carbonyl (C=O) groups is 1. The Balaban J connectivity index is 1.45. The summed E-state index contributed by atoms with van der Waals surface area (Å²) < 4.78 is 13.4. The van der Waals surface area contributed by atoms with Crippen LogP contribution in [0.2, 0.25) is 0 Å². The Labute approximate surface area is 205 Å². The summed E-state index contributed by atoms with van der Waals surface area (Å²) in [5.41, 5.74) is 4.59. The molecule has 2 bridgehead atoms. The molecule has 0 radical (unpaired) electrons. The summed E-state index contributed by atoms with van der Waals surface area (Å²) in [5, 5.41) is 6.80. The van der Waals surface area contributed by atoms with Gasteiger partial charge in [0.2, 0.25) is 5.91 Å². The van der Waals surface area contributed by atoms with Gasteiger partial charge in [-0.2, -0.15) is 0 Å². The van der Waals surface area contributed by atoms with Crippen LogP contribution in [0.15, 0.2) is 71.1 Å². The summed E-state index contributed by atoms with van der Waals surface area (Å²) in [4.78, 5) is 18.5. The lowest BCUT2D eigenvalue weighted by Gasteiger charge is -2.54. The predicted octanol–water partition coefficient (Wildman–Crippen LogP) is 1.80. The van der Waals surface area contributed by atoms with Crippen molar-refractivity contribution in [1.29, 1.82) is 0 Å². The predicted molar refractivity (Wildman–Crippen MR) is 130 cm³/mol. The van der Waals surface area contributed by atoms with Crippen molar-refractivity contribution in [3.05, 3.63) is 71.1 Å². The van der Waals surface area contributed by atoms with E-state index in [0.717, 1.165) is 6.42 Å². The number of hydrogen-bond donors (Lipinski definition) is 2. The highest BCUT2D eigenvalue weighted by molar-refractivity contribution is 5.87. The molecule has 35 heavy (non-hydrogen) atoms. The van der Waals surface area contributed by atoms with E-state index in [1.165, 1.54) is 22.5 Å². The van der Waals surface area contributed by atoms with E-state index < -0.39 is 5.72 Å². The second-order valence-corrected chi connectivity index (χ2v) is 11.2. The molecule has 7 nitrogen and oxygen atoms in total. The smallest absolute Gasteiger partial charge is 0.228 e. The first-order valence-corrected chi connectivity index (χ1v) is 13.0. The summed E-state index contributed by atoms with van der Waals surface area (Å²) in [6.07, 6.45) is 18.5. The van der Waals surface area contributed by atoms with E-state index in [9.17, 15) is 4.79 Å². The highest BCUT2D eigenvalue weighted by Gasteiger charge is 2.66. The quantitative estimate of drug-likeness (QED) is 0.639. The Kier molecular flexibility index (Phi) is 3.98. The van der Waals surface area contributed by atoms with Gasteiger partial charge in [-0.3, -0.25) is 4.79 Å². The number of ether oxygens (including phenoxy) is 2. The van der Waals surface area contributed by atoms with Gasteiger partial charge in [-0.1, -0.05) is 48.6 Å². The van der Waals surface area contributed by atoms with E-state index in [-0.39, 0.29) is 60.0 Å². The number of rotatable bonds is 2. The lowest BCUT2D eigenvalue weighted by molar-refractivity contribution is -0.277. The zero-order valence-electron chi connectivity index (χ0n) is 20.3. The fourth-order valence-electron chi connectivity index (χ4n) is 8.71. The number of carbonyl (C=O) groups excluding carboxylic acids is 1. The van der Waals surface area contributed by atoms with Crippen LogP contribution in [0.3, 0.4) is 0 Å². The van der Waals surface area contributed by atoms with Gasteiger partial charge in [0.25, 0.3) is 0 Å². The topological polar surface area (TPSA) is 66.1 Å². The lowest BCUT2D eigenvalue weighted by atomic mass is 9.69. The molecular weight excluding hydrogens is 440 g/mol. The molecule has 0 aromatic heterocycles. The first-order chi connectivity index (χ1) is 17.1. The van der Waals surface area contributed by atoms with Gasteiger partial charge in [0.15, 0.2) is 5.72 Å². The molecule has 182 valence electrons. The Hall–Kier alpha value is -2.61. The van der Waals surface area contributed by atoms with Gasteiger partial charge >= 0.3 is 0 Å². The van der Waals surface area contributed by atoms with E-state index in [0.29, 0.717) is 6.54 Å². The minimum Gasteiger partial charge on any atom is -0.375 e. The number of methoxy groups -OCH3 is 1. The summed E-state index contributed by atoms with van der Waals surface area (Å²) in [5.74, 6) is 0.662. The van der Waals surface area contributed by atoms with Gasteiger partial charge in [0.05, 0.1) is 29.4 Å². The number of amides is 1. The van der Waals surface area contributed by atoms with Gasteiger partial charge in [0, 0.05) is 43.9 Å². The number of nitrogens with zero attached hydrogens (tertiary/aromatic N) is 2. The molecule has 3 fully saturated rings. The maximum atomic E-state index is 13.4. The van der Waals surface area contributed by atoms with Crippen LogP contribution >= 0.6 is 0 Å². The van der Waals surface area contributed by atoms with Gasteiger partial charge in [-0.25, -0.2) is 0 Å². The first kappa shape index (κ1) is 20.6. The fraction of sp³-hybridized carbons (Fsp3) is 0.536. The minimum atomic E-state index is -0.657. The highest BCUT2D eigenvalue weighted by atomic mass is 16.6. The van der Waals surface area contributed by atoms with Crippen LogP contribution in [0.1, 0.15) is 13.3 Å². The molecular formula is C28H32N4O3. The molecule has 6 unspecified atom stereocenters. The minimum absolute atomic E-state index is 0.109. The second kappa shape index (κ2) is 6.78. The van der Waals surface area contributed by atoms with Crippen molar-refractivity contribution >= 4 is 5.91 Å². The summed E-state index contributed by atoms with van der Waals surface area (Å²) >= 11 is 0. The van der Waals surface area contributed by atoms with Crippen LogP contribution in [0, 0.1) is 23.7 Å². The average Bonchev–Trinajstić information content (AvgIpc) is 3.51. The molecule has 10 atom stereocenters. The average molecular weight is 473 g/mol. The second-order valence-electron chi connectivity index (χ2n) is 11.2.